The molecule has 1 unspecified atom stereocenters. The first-order chi connectivity index (χ1) is 11.5. The normalized spacial score (nSPS) is 20.7. The number of likely N-dealkylation sites (N-methyl/N-ethyl adjacent to an activating group) is 1. The summed E-state index contributed by atoms with van der Waals surface area (Å²) in [5.74, 6) is 0.0238. The summed E-state index contributed by atoms with van der Waals surface area (Å²) >= 11 is 1.74. The average molecular weight is 335 g/mol. The maximum absolute atomic E-state index is 12.6. The molecule has 4 rings (SSSR count). The van der Waals surface area contributed by atoms with Crippen LogP contribution >= 0.6 is 11.3 Å². The molecule has 0 saturated carbocycles. The number of amides is 1. The van der Waals surface area contributed by atoms with Gasteiger partial charge >= 0.3 is 0 Å². The number of fused-ring (bicyclic) bond motifs is 1. The molecule has 1 aliphatic heterocycles. The van der Waals surface area contributed by atoms with Gasteiger partial charge in [0.05, 0.1) is 0 Å². The Bertz CT molecular complexity index is 944. The maximum Gasteiger partial charge on any atom is 0.259 e. The van der Waals surface area contributed by atoms with E-state index in [-0.39, 0.29) is 11.9 Å². The van der Waals surface area contributed by atoms with Gasteiger partial charge in [0.2, 0.25) is 0 Å². The van der Waals surface area contributed by atoms with Crippen molar-refractivity contribution < 1.29 is 4.79 Å². The van der Waals surface area contributed by atoms with E-state index < -0.39 is 5.54 Å². The Morgan fingerprint density at radius 3 is 2.62 bits per heavy atom. The summed E-state index contributed by atoms with van der Waals surface area (Å²) < 4.78 is 1.25. The van der Waals surface area contributed by atoms with Crippen molar-refractivity contribution in [1.82, 2.24) is 10.2 Å². The number of nitrogens with one attached hydrogen (secondary N) is 2. The highest BCUT2D eigenvalue weighted by molar-refractivity contribution is 7.22. The lowest BCUT2D eigenvalue weighted by molar-refractivity contribution is -0.129. The number of carbonyl (C=O) groups is 1. The van der Waals surface area contributed by atoms with Gasteiger partial charge in [-0.2, -0.15) is 0 Å². The van der Waals surface area contributed by atoms with Crippen molar-refractivity contribution in [1.29, 1.82) is 5.41 Å². The number of guanidine groups is 1. The van der Waals surface area contributed by atoms with E-state index in [0.29, 0.717) is 0 Å². The van der Waals surface area contributed by atoms with Gasteiger partial charge < -0.3 is 5.32 Å². The molecule has 1 saturated heterocycles. The molecule has 1 aromatic heterocycles. The molecule has 120 valence electrons. The van der Waals surface area contributed by atoms with Gasteiger partial charge in [0.1, 0.15) is 5.54 Å². The lowest BCUT2D eigenvalue weighted by atomic mass is 9.90. The minimum absolute atomic E-state index is 0.110. The molecule has 0 spiro atoms. The molecule has 3 aromatic rings. The fourth-order valence-electron chi connectivity index (χ4n) is 3.11. The highest BCUT2D eigenvalue weighted by Gasteiger charge is 2.45. The van der Waals surface area contributed by atoms with Gasteiger partial charge in [-0.15, -0.1) is 11.3 Å². The van der Waals surface area contributed by atoms with E-state index in [1.54, 1.807) is 18.4 Å². The minimum Gasteiger partial charge on any atom is -0.338 e. The second kappa shape index (κ2) is 5.18. The van der Waals surface area contributed by atoms with Gasteiger partial charge in [0.15, 0.2) is 5.96 Å². The van der Waals surface area contributed by atoms with E-state index in [1.165, 1.54) is 19.9 Å². The summed E-state index contributed by atoms with van der Waals surface area (Å²) in [4.78, 5) is 15.1. The third-order valence-corrected chi connectivity index (χ3v) is 5.75. The number of thiophene rings is 1. The summed E-state index contributed by atoms with van der Waals surface area (Å²) in [6.07, 6.45) is 0. The lowest BCUT2D eigenvalue weighted by Crippen LogP contribution is -2.40. The first kappa shape index (κ1) is 14.9. The zero-order valence-corrected chi connectivity index (χ0v) is 14.3. The van der Waals surface area contributed by atoms with Crippen molar-refractivity contribution in [2.75, 3.05) is 7.05 Å². The predicted octanol–water partition coefficient (Wildman–Crippen LogP) is 3.78. The van der Waals surface area contributed by atoms with Crippen LogP contribution in [0, 0.1) is 5.41 Å². The molecule has 2 N–H and O–H groups in total. The SMILES string of the molecule is CN1C(=N)NC(C)(c2cccc(-c3cc4ccccc4s3)c2)C1=O. The van der Waals surface area contributed by atoms with Gasteiger partial charge in [-0.05, 0) is 41.6 Å². The van der Waals surface area contributed by atoms with Crippen LogP contribution in [0.25, 0.3) is 20.5 Å². The predicted molar refractivity (Wildman–Crippen MR) is 98.2 cm³/mol. The molecule has 1 amide bonds. The molecule has 1 aliphatic rings. The quantitative estimate of drug-likeness (QED) is 0.749. The standard InChI is InChI=1S/C19H17N3OS/c1-19(17(23)22(2)18(20)21-19)14-8-5-7-12(10-14)16-11-13-6-3-4-9-15(13)24-16/h3-11H,1-2H3,(H2,20,21). The Morgan fingerprint density at radius 2 is 1.92 bits per heavy atom. The fraction of sp³-hybridized carbons (Fsp3) is 0.158. The summed E-state index contributed by atoms with van der Waals surface area (Å²) in [5.41, 5.74) is 1.07. The van der Waals surface area contributed by atoms with Gasteiger partial charge in [-0.3, -0.25) is 15.1 Å². The van der Waals surface area contributed by atoms with Crippen LogP contribution in [-0.4, -0.2) is 23.8 Å². The van der Waals surface area contributed by atoms with E-state index in [0.717, 1.165) is 11.1 Å². The Hall–Kier alpha value is -2.66. The van der Waals surface area contributed by atoms with Crippen molar-refractivity contribution in [2.24, 2.45) is 0 Å². The number of nitrogens with zero attached hydrogens (tertiary/aromatic N) is 1. The van der Waals surface area contributed by atoms with E-state index in [4.69, 9.17) is 5.41 Å². The molecule has 0 bridgehead atoms. The van der Waals surface area contributed by atoms with Gasteiger partial charge in [-0.1, -0.05) is 36.4 Å². The Balaban J connectivity index is 1.79. The molecule has 4 nitrogen and oxygen atoms in total. The van der Waals surface area contributed by atoms with E-state index in [9.17, 15) is 4.79 Å². The zero-order chi connectivity index (χ0) is 16.9. The molecule has 0 radical (unpaired) electrons. The first-order valence-electron chi connectivity index (χ1n) is 7.73. The topological polar surface area (TPSA) is 56.2 Å². The van der Waals surface area contributed by atoms with Crippen LogP contribution in [0.2, 0.25) is 0 Å². The number of rotatable bonds is 2. The third-order valence-electron chi connectivity index (χ3n) is 4.59. The number of benzene rings is 2. The number of carbonyl (C=O) groups excluding carboxylic acids is 1. The number of hydrogen-bond donors (Lipinski definition) is 2. The molecule has 24 heavy (non-hydrogen) atoms. The van der Waals surface area contributed by atoms with Crippen molar-refractivity contribution in [3.8, 4) is 10.4 Å². The van der Waals surface area contributed by atoms with Gasteiger partial charge in [-0.25, -0.2) is 0 Å². The molecule has 2 heterocycles. The third kappa shape index (κ3) is 2.12. The van der Waals surface area contributed by atoms with E-state index >= 15 is 0 Å². The summed E-state index contributed by atoms with van der Waals surface area (Å²) in [7, 11) is 1.62. The van der Waals surface area contributed by atoms with Gasteiger partial charge in [0, 0.05) is 16.6 Å². The lowest BCUT2D eigenvalue weighted by Gasteiger charge is -2.22. The average Bonchev–Trinajstić information content (AvgIpc) is 3.11. The van der Waals surface area contributed by atoms with Crippen LogP contribution in [0.15, 0.2) is 54.6 Å². The Labute approximate surface area is 144 Å². The molecule has 5 heteroatoms. The molecule has 1 fully saturated rings. The number of hydrogen-bond acceptors (Lipinski definition) is 3. The molecule has 2 aromatic carbocycles. The Morgan fingerprint density at radius 1 is 1.12 bits per heavy atom. The molecular weight excluding hydrogens is 318 g/mol. The van der Waals surface area contributed by atoms with Crippen molar-refractivity contribution in [3.63, 3.8) is 0 Å². The van der Waals surface area contributed by atoms with Crippen LogP contribution in [0.5, 0.6) is 0 Å². The van der Waals surface area contributed by atoms with Crippen molar-refractivity contribution >= 4 is 33.3 Å². The summed E-state index contributed by atoms with van der Waals surface area (Å²) in [6, 6.07) is 18.5. The highest BCUT2D eigenvalue weighted by Crippen LogP contribution is 2.36. The molecular formula is C19H17N3OS. The van der Waals surface area contributed by atoms with E-state index in [1.807, 2.05) is 37.3 Å². The van der Waals surface area contributed by atoms with Crippen LogP contribution in [0.1, 0.15) is 12.5 Å². The highest BCUT2D eigenvalue weighted by atomic mass is 32.1. The van der Waals surface area contributed by atoms with Gasteiger partial charge in [0.25, 0.3) is 5.91 Å². The molecule has 1 atom stereocenters. The van der Waals surface area contributed by atoms with Crippen LogP contribution < -0.4 is 5.32 Å². The maximum atomic E-state index is 12.6. The molecule has 0 aliphatic carbocycles. The summed E-state index contributed by atoms with van der Waals surface area (Å²) in [6.45, 7) is 1.83. The monoisotopic (exact) mass is 335 g/mol. The minimum atomic E-state index is -0.890. The second-order valence-corrected chi connectivity index (χ2v) is 7.28. The van der Waals surface area contributed by atoms with Crippen LogP contribution in [0.3, 0.4) is 0 Å². The zero-order valence-electron chi connectivity index (χ0n) is 13.5. The van der Waals surface area contributed by atoms with Crippen LogP contribution in [0.4, 0.5) is 0 Å². The van der Waals surface area contributed by atoms with Crippen LogP contribution in [-0.2, 0) is 10.3 Å². The first-order valence-corrected chi connectivity index (χ1v) is 8.55. The van der Waals surface area contributed by atoms with Crippen molar-refractivity contribution in [3.05, 3.63) is 60.2 Å². The second-order valence-electron chi connectivity index (χ2n) is 6.19. The largest absolute Gasteiger partial charge is 0.338 e. The Kier molecular flexibility index (Phi) is 3.21. The summed E-state index contributed by atoms with van der Waals surface area (Å²) in [5, 5.41) is 12.1. The van der Waals surface area contributed by atoms with E-state index in [2.05, 4.69) is 29.6 Å². The smallest absolute Gasteiger partial charge is 0.259 e. The van der Waals surface area contributed by atoms with Crippen molar-refractivity contribution in [2.45, 2.75) is 12.5 Å². The fourth-order valence-corrected chi connectivity index (χ4v) is 4.17.